The molecule has 0 spiro atoms. The van der Waals surface area contributed by atoms with Gasteiger partial charge in [-0.15, -0.1) is 12.8 Å². The first-order valence-corrected chi connectivity index (χ1v) is 3.20. The Morgan fingerprint density at radius 1 is 1.00 bits per heavy atom. The van der Waals surface area contributed by atoms with Gasteiger partial charge in [-0.3, -0.25) is 0 Å². The van der Waals surface area contributed by atoms with Gasteiger partial charge in [0, 0.05) is 0 Å². The van der Waals surface area contributed by atoms with Crippen LogP contribution in [0.15, 0.2) is 0 Å². The Morgan fingerprint density at radius 3 is 1.36 bits per heavy atom. The van der Waals surface area contributed by atoms with Crippen molar-refractivity contribution in [3.05, 3.63) is 0 Å². The fourth-order valence-corrected chi connectivity index (χ4v) is 0.625. The Hall–Kier alpha value is -0.690. The van der Waals surface area contributed by atoms with Gasteiger partial charge in [0.15, 0.2) is 0 Å². The summed E-state index contributed by atoms with van der Waals surface area (Å²) >= 11 is 0. The molecular weight excluding hydrogens is 155 g/mol. The molecule has 11 heavy (non-hydrogen) atoms. The Morgan fingerprint density at radius 2 is 1.27 bits per heavy atom. The Kier molecular flexibility index (Phi) is 14.2. The zero-order chi connectivity index (χ0) is 9.11. The lowest BCUT2D eigenvalue weighted by molar-refractivity contribution is 0.00819. The van der Waals surface area contributed by atoms with Crippen LogP contribution in [0.1, 0.15) is 12.8 Å². The summed E-state index contributed by atoms with van der Waals surface area (Å²) in [6, 6.07) is 0. The van der Waals surface area contributed by atoms with Crippen LogP contribution in [0.2, 0.25) is 0 Å². The first kappa shape index (κ1) is 12.9. The highest BCUT2D eigenvalue weighted by Crippen LogP contribution is 1.90. The molecule has 66 valence electrons. The molecule has 1 N–H and O–H groups in total. The zero-order valence-corrected chi connectivity index (χ0v) is 6.19. The molecule has 0 saturated carbocycles. The second-order valence-electron chi connectivity index (χ2n) is 1.70. The van der Waals surface area contributed by atoms with Gasteiger partial charge >= 0.3 is 6.68 Å². The van der Waals surface area contributed by atoms with Crippen LogP contribution < -0.4 is 5.32 Å². The lowest BCUT2D eigenvalue weighted by Crippen LogP contribution is -2.03. The van der Waals surface area contributed by atoms with E-state index in [1.165, 1.54) is 25.9 Å². The third-order valence-corrected chi connectivity index (χ3v) is 0.957. The van der Waals surface area contributed by atoms with E-state index in [4.69, 9.17) is 0 Å². The van der Waals surface area contributed by atoms with Crippen molar-refractivity contribution in [1.29, 1.82) is 0 Å². The lowest BCUT2D eigenvalue weighted by atomic mass is 10.4. The fraction of sp³-hybridized carbons (Fsp3) is 0.714. The molecule has 1 aliphatic rings. The van der Waals surface area contributed by atoms with Crippen LogP contribution in [0.4, 0.5) is 13.2 Å². The molecule has 1 fully saturated rings. The first-order valence-electron chi connectivity index (χ1n) is 3.20. The van der Waals surface area contributed by atoms with Crippen molar-refractivity contribution < 1.29 is 13.2 Å². The lowest BCUT2D eigenvalue weighted by Gasteiger charge is -1.76. The molecule has 1 rings (SSSR count). The number of halogens is 3. The highest BCUT2D eigenvalue weighted by Gasteiger charge is 1.93. The van der Waals surface area contributed by atoms with Gasteiger partial charge in [0.1, 0.15) is 0 Å². The summed E-state index contributed by atoms with van der Waals surface area (Å²) in [7, 11) is 0. The Labute approximate surface area is 65.0 Å². The molecule has 0 amide bonds. The SMILES string of the molecule is C#C.C1CCNC1.FC(F)F. The van der Waals surface area contributed by atoms with E-state index < -0.39 is 6.68 Å². The van der Waals surface area contributed by atoms with E-state index in [0.717, 1.165) is 0 Å². The van der Waals surface area contributed by atoms with E-state index in [-0.39, 0.29) is 0 Å². The monoisotopic (exact) mass is 167 g/mol. The van der Waals surface area contributed by atoms with E-state index in [9.17, 15) is 13.2 Å². The molecule has 1 saturated heterocycles. The minimum Gasteiger partial charge on any atom is -0.317 e. The first-order chi connectivity index (χ1) is 5.23. The molecule has 0 aliphatic carbocycles. The smallest absolute Gasteiger partial charge is 0.317 e. The minimum atomic E-state index is -3.67. The van der Waals surface area contributed by atoms with Gasteiger partial charge in [-0.2, -0.15) is 13.2 Å². The topological polar surface area (TPSA) is 12.0 Å². The van der Waals surface area contributed by atoms with Crippen molar-refractivity contribution in [3.63, 3.8) is 0 Å². The van der Waals surface area contributed by atoms with Crippen molar-refractivity contribution >= 4 is 0 Å². The largest absolute Gasteiger partial charge is 0.379 e. The van der Waals surface area contributed by atoms with Gasteiger partial charge < -0.3 is 5.32 Å². The van der Waals surface area contributed by atoms with Gasteiger partial charge in [-0.25, -0.2) is 0 Å². The van der Waals surface area contributed by atoms with E-state index in [2.05, 4.69) is 18.2 Å². The second kappa shape index (κ2) is 12.0. The zero-order valence-electron chi connectivity index (χ0n) is 6.19. The van der Waals surface area contributed by atoms with Gasteiger partial charge in [0.25, 0.3) is 0 Å². The Balaban J connectivity index is 0. The van der Waals surface area contributed by atoms with E-state index in [1.807, 2.05) is 0 Å². The minimum absolute atomic E-state index is 1.25. The maximum atomic E-state index is 9.67. The van der Waals surface area contributed by atoms with E-state index in [0.29, 0.717) is 0 Å². The summed E-state index contributed by atoms with van der Waals surface area (Å²) in [6.45, 7) is -1.17. The normalized spacial score (nSPS) is 14.4. The molecule has 0 aromatic rings. The van der Waals surface area contributed by atoms with Gasteiger partial charge in [0.05, 0.1) is 0 Å². The molecule has 0 radical (unpaired) electrons. The fourth-order valence-electron chi connectivity index (χ4n) is 0.625. The molecule has 1 heterocycles. The molecule has 0 aromatic carbocycles. The molecule has 1 aliphatic heterocycles. The van der Waals surface area contributed by atoms with Crippen molar-refractivity contribution in [2.24, 2.45) is 0 Å². The summed E-state index contributed by atoms with van der Waals surface area (Å²) in [5.41, 5.74) is 0. The van der Waals surface area contributed by atoms with Crippen LogP contribution in [0.25, 0.3) is 0 Å². The average molecular weight is 167 g/mol. The second-order valence-corrected chi connectivity index (χ2v) is 1.70. The van der Waals surface area contributed by atoms with Crippen LogP contribution in [-0.2, 0) is 0 Å². The molecular formula is C7H12F3N. The third-order valence-electron chi connectivity index (χ3n) is 0.957. The summed E-state index contributed by atoms with van der Waals surface area (Å²) in [6.07, 6.45) is 10.8. The predicted molar refractivity (Wildman–Crippen MR) is 39.1 cm³/mol. The highest BCUT2D eigenvalue weighted by atomic mass is 19.4. The van der Waals surface area contributed by atoms with Crippen LogP contribution in [-0.4, -0.2) is 19.8 Å². The quantitative estimate of drug-likeness (QED) is 0.542. The molecule has 0 atom stereocenters. The van der Waals surface area contributed by atoms with Crippen molar-refractivity contribution in [1.82, 2.24) is 5.32 Å². The molecule has 0 aromatic heterocycles. The van der Waals surface area contributed by atoms with Gasteiger partial charge in [-0.05, 0) is 25.9 Å². The number of hydrogen-bond acceptors (Lipinski definition) is 1. The molecule has 0 bridgehead atoms. The maximum Gasteiger partial charge on any atom is 0.379 e. The van der Waals surface area contributed by atoms with Gasteiger partial charge in [-0.1, -0.05) is 0 Å². The van der Waals surface area contributed by atoms with Crippen LogP contribution in [0, 0.1) is 12.8 Å². The number of terminal acetylenes is 1. The van der Waals surface area contributed by atoms with Crippen LogP contribution >= 0.6 is 0 Å². The van der Waals surface area contributed by atoms with Crippen molar-refractivity contribution in [3.8, 4) is 12.8 Å². The van der Waals surface area contributed by atoms with Crippen molar-refractivity contribution in [2.45, 2.75) is 19.5 Å². The maximum absolute atomic E-state index is 9.67. The summed E-state index contributed by atoms with van der Waals surface area (Å²) < 4.78 is 29.0. The predicted octanol–water partition coefficient (Wildman–Crippen LogP) is 1.80. The summed E-state index contributed by atoms with van der Waals surface area (Å²) in [5.74, 6) is 0. The highest BCUT2D eigenvalue weighted by molar-refractivity contribution is 4.55. The van der Waals surface area contributed by atoms with E-state index >= 15 is 0 Å². The van der Waals surface area contributed by atoms with Gasteiger partial charge in [0.2, 0.25) is 0 Å². The average Bonchev–Trinajstić information content (AvgIpc) is 2.44. The molecule has 0 unspecified atom stereocenters. The summed E-state index contributed by atoms with van der Waals surface area (Å²) in [5, 5.41) is 3.22. The standard InChI is InChI=1S/C4H9N.C2H2.CHF3/c1-2-4-5-3-1;1-2;2-1(3)4/h5H,1-4H2;1-2H;1H. The summed E-state index contributed by atoms with van der Waals surface area (Å²) in [4.78, 5) is 0. The molecule has 4 heteroatoms. The van der Waals surface area contributed by atoms with Crippen LogP contribution in [0.5, 0.6) is 0 Å². The number of nitrogens with one attached hydrogen (secondary N) is 1. The number of rotatable bonds is 0. The molecule has 1 nitrogen and oxygen atoms in total. The van der Waals surface area contributed by atoms with E-state index in [1.54, 1.807) is 0 Å². The Bertz CT molecular complexity index is 68.6. The van der Waals surface area contributed by atoms with Crippen LogP contribution in [0.3, 0.4) is 0 Å². The number of hydrogen-bond donors (Lipinski definition) is 1. The van der Waals surface area contributed by atoms with Crippen molar-refractivity contribution in [2.75, 3.05) is 13.1 Å². The third kappa shape index (κ3) is 26.8. The number of alkyl halides is 3.